The lowest BCUT2D eigenvalue weighted by molar-refractivity contribution is 0.641. The molecule has 0 aliphatic rings. The van der Waals surface area contributed by atoms with Crippen LogP contribution in [0.15, 0.2) is 23.1 Å². The summed E-state index contributed by atoms with van der Waals surface area (Å²) in [6.07, 6.45) is 4.01. The van der Waals surface area contributed by atoms with E-state index in [0.717, 1.165) is 17.9 Å². The Hall–Kier alpha value is -0.180. The van der Waals surface area contributed by atoms with Gasteiger partial charge >= 0.3 is 0 Å². The first-order valence-corrected chi connectivity index (χ1v) is 6.35. The van der Waals surface area contributed by atoms with Crippen molar-refractivity contribution in [3.05, 3.63) is 28.8 Å². The van der Waals surface area contributed by atoms with E-state index in [1.54, 1.807) is 11.8 Å². The summed E-state index contributed by atoms with van der Waals surface area (Å²) >= 11 is 7.64. The molecule has 1 unspecified atom stereocenters. The van der Waals surface area contributed by atoms with Gasteiger partial charge in [0.05, 0.1) is 0 Å². The second kappa shape index (κ2) is 5.64. The van der Waals surface area contributed by atoms with E-state index in [1.807, 2.05) is 12.1 Å². The second-order valence-electron chi connectivity index (χ2n) is 3.33. The Balaban J connectivity index is 2.85. The van der Waals surface area contributed by atoms with Crippen molar-refractivity contribution in [2.24, 2.45) is 5.73 Å². The topological polar surface area (TPSA) is 26.0 Å². The molecule has 0 saturated heterocycles. The van der Waals surface area contributed by atoms with E-state index in [2.05, 4.69) is 19.2 Å². The molecular formula is C11H16ClNS. The van der Waals surface area contributed by atoms with Gasteiger partial charge in [0.25, 0.3) is 0 Å². The molecule has 78 valence electrons. The standard InChI is InChI=1S/C11H16ClNS/c1-3-10(13)6-8-4-5-9(12)7-11(8)14-2/h4-5,7,10H,3,6,13H2,1-2H3. The maximum atomic E-state index is 5.92. The van der Waals surface area contributed by atoms with Crippen molar-refractivity contribution in [1.29, 1.82) is 0 Å². The van der Waals surface area contributed by atoms with Crippen molar-refractivity contribution in [3.8, 4) is 0 Å². The zero-order valence-electron chi connectivity index (χ0n) is 8.59. The van der Waals surface area contributed by atoms with E-state index in [4.69, 9.17) is 17.3 Å². The van der Waals surface area contributed by atoms with E-state index in [1.165, 1.54) is 10.5 Å². The molecule has 0 aliphatic heterocycles. The molecule has 14 heavy (non-hydrogen) atoms. The van der Waals surface area contributed by atoms with Crippen LogP contribution in [0.1, 0.15) is 18.9 Å². The summed E-state index contributed by atoms with van der Waals surface area (Å²) in [4.78, 5) is 1.24. The van der Waals surface area contributed by atoms with Crippen molar-refractivity contribution in [2.75, 3.05) is 6.26 Å². The van der Waals surface area contributed by atoms with E-state index < -0.39 is 0 Å². The molecule has 0 spiro atoms. The number of halogens is 1. The van der Waals surface area contributed by atoms with Crippen LogP contribution in [0, 0.1) is 0 Å². The number of nitrogens with two attached hydrogens (primary N) is 1. The lowest BCUT2D eigenvalue weighted by Gasteiger charge is -2.12. The minimum atomic E-state index is 0.252. The quantitative estimate of drug-likeness (QED) is 0.802. The average molecular weight is 230 g/mol. The normalized spacial score (nSPS) is 12.9. The minimum Gasteiger partial charge on any atom is -0.327 e. The van der Waals surface area contributed by atoms with Crippen LogP contribution >= 0.6 is 23.4 Å². The van der Waals surface area contributed by atoms with Crippen LogP contribution in [0.4, 0.5) is 0 Å². The zero-order chi connectivity index (χ0) is 10.6. The Morgan fingerprint density at radius 3 is 2.79 bits per heavy atom. The Labute approximate surface area is 95.0 Å². The van der Waals surface area contributed by atoms with Crippen LogP contribution < -0.4 is 5.73 Å². The van der Waals surface area contributed by atoms with E-state index in [0.29, 0.717) is 0 Å². The third kappa shape index (κ3) is 3.19. The molecule has 2 N–H and O–H groups in total. The fourth-order valence-corrected chi connectivity index (χ4v) is 2.21. The van der Waals surface area contributed by atoms with Gasteiger partial charge in [-0.3, -0.25) is 0 Å². The van der Waals surface area contributed by atoms with Gasteiger partial charge in [-0.25, -0.2) is 0 Å². The Kier molecular flexibility index (Phi) is 4.79. The SMILES string of the molecule is CCC(N)Cc1ccc(Cl)cc1SC. The summed E-state index contributed by atoms with van der Waals surface area (Å²) in [6, 6.07) is 6.26. The van der Waals surface area contributed by atoms with Gasteiger partial charge in [0.1, 0.15) is 0 Å². The molecule has 3 heteroatoms. The number of hydrogen-bond donors (Lipinski definition) is 1. The van der Waals surface area contributed by atoms with Gasteiger partial charge in [0.2, 0.25) is 0 Å². The van der Waals surface area contributed by atoms with Crippen molar-refractivity contribution in [1.82, 2.24) is 0 Å². The van der Waals surface area contributed by atoms with Gasteiger partial charge in [-0.1, -0.05) is 24.6 Å². The third-order valence-corrected chi connectivity index (χ3v) is 3.31. The lowest BCUT2D eigenvalue weighted by Crippen LogP contribution is -2.21. The smallest absolute Gasteiger partial charge is 0.0417 e. The molecule has 0 bridgehead atoms. The largest absolute Gasteiger partial charge is 0.327 e. The molecule has 0 saturated carbocycles. The van der Waals surface area contributed by atoms with Crippen molar-refractivity contribution < 1.29 is 0 Å². The van der Waals surface area contributed by atoms with Gasteiger partial charge in [0, 0.05) is 16.0 Å². The molecular weight excluding hydrogens is 214 g/mol. The second-order valence-corrected chi connectivity index (χ2v) is 4.61. The molecule has 0 fully saturated rings. The van der Waals surface area contributed by atoms with Crippen LogP contribution in [-0.2, 0) is 6.42 Å². The molecule has 0 amide bonds. The number of benzene rings is 1. The van der Waals surface area contributed by atoms with Crippen molar-refractivity contribution in [3.63, 3.8) is 0 Å². The molecule has 0 radical (unpaired) electrons. The molecule has 1 nitrogen and oxygen atoms in total. The molecule has 1 aromatic rings. The van der Waals surface area contributed by atoms with Crippen LogP contribution in [0.25, 0.3) is 0 Å². The molecule has 1 aromatic carbocycles. The number of hydrogen-bond acceptors (Lipinski definition) is 2. The Bertz CT molecular complexity index is 301. The predicted molar refractivity (Wildman–Crippen MR) is 65.2 cm³/mol. The van der Waals surface area contributed by atoms with Gasteiger partial charge in [-0.2, -0.15) is 0 Å². The first-order chi connectivity index (χ1) is 6.67. The van der Waals surface area contributed by atoms with E-state index in [-0.39, 0.29) is 6.04 Å². The average Bonchev–Trinajstić information content (AvgIpc) is 2.20. The van der Waals surface area contributed by atoms with Gasteiger partial charge in [-0.05, 0) is 36.8 Å². The fourth-order valence-electron chi connectivity index (χ4n) is 1.31. The maximum absolute atomic E-state index is 5.92. The highest BCUT2D eigenvalue weighted by Gasteiger charge is 2.06. The molecule has 0 aromatic heterocycles. The summed E-state index contributed by atoms with van der Waals surface area (Å²) < 4.78 is 0. The first-order valence-electron chi connectivity index (χ1n) is 4.75. The fraction of sp³-hybridized carbons (Fsp3) is 0.455. The van der Waals surface area contributed by atoms with Gasteiger partial charge in [0.15, 0.2) is 0 Å². The third-order valence-electron chi connectivity index (χ3n) is 2.26. The van der Waals surface area contributed by atoms with Gasteiger partial charge < -0.3 is 5.73 Å². The summed E-state index contributed by atoms with van der Waals surface area (Å²) in [7, 11) is 0. The lowest BCUT2D eigenvalue weighted by atomic mass is 10.1. The first kappa shape index (κ1) is 11.9. The molecule has 0 heterocycles. The highest BCUT2D eigenvalue weighted by molar-refractivity contribution is 7.98. The molecule has 0 aliphatic carbocycles. The van der Waals surface area contributed by atoms with E-state index in [9.17, 15) is 0 Å². The van der Waals surface area contributed by atoms with Crippen molar-refractivity contribution >= 4 is 23.4 Å². The van der Waals surface area contributed by atoms with E-state index >= 15 is 0 Å². The summed E-state index contributed by atoms with van der Waals surface area (Å²) in [5.74, 6) is 0. The monoisotopic (exact) mass is 229 g/mol. The molecule has 1 atom stereocenters. The van der Waals surface area contributed by atoms with Crippen LogP contribution in [-0.4, -0.2) is 12.3 Å². The summed E-state index contributed by atoms with van der Waals surface area (Å²) in [6.45, 7) is 2.11. The number of rotatable bonds is 4. The summed E-state index contributed by atoms with van der Waals surface area (Å²) in [5.41, 5.74) is 7.23. The van der Waals surface area contributed by atoms with Crippen LogP contribution in [0.2, 0.25) is 5.02 Å². The summed E-state index contributed by atoms with van der Waals surface area (Å²) in [5, 5.41) is 0.795. The Morgan fingerprint density at radius 1 is 1.50 bits per heavy atom. The van der Waals surface area contributed by atoms with Crippen molar-refractivity contribution in [2.45, 2.75) is 30.7 Å². The molecule has 1 rings (SSSR count). The maximum Gasteiger partial charge on any atom is 0.0417 e. The highest BCUT2D eigenvalue weighted by Crippen LogP contribution is 2.25. The van der Waals surface area contributed by atoms with Crippen LogP contribution in [0.3, 0.4) is 0 Å². The zero-order valence-corrected chi connectivity index (χ0v) is 10.2. The number of thioether (sulfide) groups is 1. The Morgan fingerprint density at radius 2 is 2.21 bits per heavy atom. The minimum absolute atomic E-state index is 0.252. The highest BCUT2D eigenvalue weighted by atomic mass is 35.5. The van der Waals surface area contributed by atoms with Crippen LogP contribution in [0.5, 0.6) is 0 Å². The van der Waals surface area contributed by atoms with Gasteiger partial charge in [-0.15, -0.1) is 11.8 Å². The predicted octanol–water partition coefficient (Wildman–Crippen LogP) is 3.34.